The molecule has 31 heavy (non-hydrogen) atoms. The molecule has 0 fully saturated rings. The molecule has 0 aliphatic carbocycles. The van der Waals surface area contributed by atoms with Crippen LogP contribution in [-0.4, -0.2) is 30.0 Å². The fourth-order valence-electron chi connectivity index (χ4n) is 3.46. The molecule has 9 heteroatoms. The smallest absolute Gasteiger partial charge is 0.311 e. The summed E-state index contributed by atoms with van der Waals surface area (Å²) in [6.45, 7) is 0.106. The second kappa shape index (κ2) is 8.19. The van der Waals surface area contributed by atoms with Gasteiger partial charge in [0, 0.05) is 6.07 Å². The van der Waals surface area contributed by atoms with E-state index in [-0.39, 0.29) is 28.9 Å². The summed E-state index contributed by atoms with van der Waals surface area (Å²) in [4.78, 5) is 15.2. The summed E-state index contributed by atoms with van der Waals surface area (Å²) >= 11 is 0. The van der Waals surface area contributed by atoms with Gasteiger partial charge >= 0.3 is 5.69 Å². The van der Waals surface area contributed by atoms with E-state index in [2.05, 4.69) is 4.98 Å². The van der Waals surface area contributed by atoms with Gasteiger partial charge in [0.1, 0.15) is 0 Å². The average Bonchev–Trinajstić information content (AvgIpc) is 3.13. The fourth-order valence-corrected chi connectivity index (χ4v) is 4.96. The molecule has 0 radical (unpaired) electrons. The van der Waals surface area contributed by atoms with Crippen molar-refractivity contribution in [1.29, 1.82) is 0 Å². The van der Waals surface area contributed by atoms with Crippen molar-refractivity contribution < 1.29 is 18.1 Å². The molecule has 3 aromatic carbocycles. The monoisotopic (exact) mass is 437 g/mol. The maximum absolute atomic E-state index is 13.2. The van der Waals surface area contributed by atoms with E-state index < -0.39 is 14.8 Å². The van der Waals surface area contributed by atoms with E-state index in [4.69, 9.17) is 4.74 Å². The van der Waals surface area contributed by atoms with Gasteiger partial charge in [-0.2, -0.15) is 0 Å². The third kappa shape index (κ3) is 4.13. The van der Waals surface area contributed by atoms with Gasteiger partial charge in [-0.25, -0.2) is 13.4 Å². The van der Waals surface area contributed by atoms with Crippen LogP contribution in [0.1, 0.15) is 11.1 Å². The van der Waals surface area contributed by atoms with Gasteiger partial charge in [-0.3, -0.25) is 10.1 Å². The predicted octanol–water partition coefficient (Wildman–Crippen LogP) is 3.98. The Kier molecular flexibility index (Phi) is 5.43. The van der Waals surface area contributed by atoms with E-state index in [1.54, 1.807) is 59.2 Å². The predicted molar refractivity (Wildman–Crippen MR) is 116 cm³/mol. The van der Waals surface area contributed by atoms with E-state index in [9.17, 15) is 18.5 Å². The molecular weight excluding hydrogens is 418 g/mol. The Morgan fingerprint density at radius 1 is 1.00 bits per heavy atom. The topological polar surface area (TPSA) is 104 Å². The van der Waals surface area contributed by atoms with Crippen LogP contribution in [0.4, 0.5) is 5.69 Å². The molecule has 0 saturated heterocycles. The molecule has 0 atom stereocenters. The summed E-state index contributed by atoms with van der Waals surface area (Å²) in [5, 5.41) is 11.3. The molecule has 0 amide bonds. The van der Waals surface area contributed by atoms with E-state index in [1.165, 1.54) is 19.2 Å². The van der Waals surface area contributed by atoms with Crippen LogP contribution in [0.5, 0.6) is 5.75 Å². The van der Waals surface area contributed by atoms with Gasteiger partial charge in [0.05, 0.1) is 35.4 Å². The van der Waals surface area contributed by atoms with Crippen molar-refractivity contribution in [1.82, 2.24) is 9.55 Å². The number of hydrogen-bond donors (Lipinski definition) is 0. The lowest BCUT2D eigenvalue weighted by atomic mass is 10.2. The number of ether oxygens (including phenoxy) is 1. The number of nitro groups is 1. The molecule has 1 heterocycles. The van der Waals surface area contributed by atoms with Gasteiger partial charge < -0.3 is 9.30 Å². The molecule has 1 aromatic heterocycles. The van der Waals surface area contributed by atoms with Crippen molar-refractivity contribution in [2.24, 2.45) is 0 Å². The molecule has 4 rings (SSSR count). The number of para-hydroxylation sites is 2. The molecule has 0 saturated carbocycles. The molecule has 0 spiro atoms. The van der Waals surface area contributed by atoms with Gasteiger partial charge in [-0.15, -0.1) is 0 Å². The zero-order valence-corrected chi connectivity index (χ0v) is 17.5. The van der Waals surface area contributed by atoms with Gasteiger partial charge in [0.25, 0.3) is 0 Å². The molecular formula is C22H19N3O5S. The average molecular weight is 437 g/mol. The minimum Gasteiger partial charge on any atom is -0.490 e. The molecule has 8 nitrogen and oxygen atoms in total. The maximum Gasteiger partial charge on any atom is 0.311 e. The first-order valence-corrected chi connectivity index (χ1v) is 11.1. The number of methoxy groups -OCH3 is 1. The first-order valence-electron chi connectivity index (χ1n) is 9.42. The quantitative estimate of drug-likeness (QED) is 0.320. The van der Waals surface area contributed by atoms with Crippen molar-refractivity contribution in [2.75, 3.05) is 7.11 Å². The van der Waals surface area contributed by atoms with Crippen LogP contribution in [0.2, 0.25) is 0 Å². The summed E-state index contributed by atoms with van der Waals surface area (Å²) in [5.74, 6) is -0.0546. The number of nitro benzene ring substituents is 1. The second-order valence-electron chi connectivity index (χ2n) is 6.98. The zero-order chi connectivity index (χ0) is 22.0. The normalized spacial score (nSPS) is 11.5. The van der Waals surface area contributed by atoms with E-state index in [1.807, 2.05) is 6.07 Å². The van der Waals surface area contributed by atoms with Crippen molar-refractivity contribution >= 4 is 26.6 Å². The van der Waals surface area contributed by atoms with E-state index in [0.717, 1.165) is 0 Å². The largest absolute Gasteiger partial charge is 0.490 e. The Bertz CT molecular complexity index is 1360. The molecule has 0 bridgehead atoms. The third-order valence-corrected chi connectivity index (χ3v) is 6.46. The summed E-state index contributed by atoms with van der Waals surface area (Å²) < 4.78 is 33.1. The summed E-state index contributed by atoms with van der Waals surface area (Å²) in [7, 11) is -2.41. The highest BCUT2D eigenvalue weighted by atomic mass is 32.2. The number of hydrogen-bond acceptors (Lipinski definition) is 6. The molecule has 0 aliphatic rings. The van der Waals surface area contributed by atoms with E-state index in [0.29, 0.717) is 22.2 Å². The Balaban J connectivity index is 1.81. The third-order valence-electron chi connectivity index (χ3n) is 4.88. The molecule has 0 N–H and O–H groups in total. The van der Waals surface area contributed by atoms with Crippen LogP contribution in [0.25, 0.3) is 11.0 Å². The summed E-state index contributed by atoms with van der Waals surface area (Å²) in [6, 6.07) is 20.5. The van der Waals surface area contributed by atoms with Crippen molar-refractivity contribution in [2.45, 2.75) is 17.5 Å². The highest BCUT2D eigenvalue weighted by molar-refractivity contribution is 7.90. The number of nitrogens with zero attached hydrogens (tertiary/aromatic N) is 3. The van der Waals surface area contributed by atoms with Gasteiger partial charge in [0.15, 0.2) is 5.75 Å². The van der Waals surface area contributed by atoms with Crippen LogP contribution in [0, 0.1) is 10.1 Å². The Labute approximate surface area is 178 Å². The number of aromatic nitrogens is 2. The SMILES string of the molecule is COc1ccc(Cn2c(S(=O)(=O)Cc3ccccc3)nc3ccccc32)cc1[N+](=O)[O-]. The van der Waals surface area contributed by atoms with Crippen molar-refractivity contribution in [3.8, 4) is 5.75 Å². The summed E-state index contributed by atoms with van der Waals surface area (Å²) in [6.07, 6.45) is 0. The Morgan fingerprint density at radius 3 is 2.42 bits per heavy atom. The van der Waals surface area contributed by atoms with E-state index >= 15 is 0 Å². The number of fused-ring (bicyclic) bond motifs is 1. The lowest BCUT2D eigenvalue weighted by molar-refractivity contribution is -0.385. The molecule has 0 aliphatic heterocycles. The first-order chi connectivity index (χ1) is 14.9. The molecule has 4 aromatic rings. The van der Waals surface area contributed by atoms with Crippen LogP contribution < -0.4 is 4.74 Å². The Morgan fingerprint density at radius 2 is 1.71 bits per heavy atom. The standard InChI is InChI=1S/C22H19N3O5S/c1-30-21-12-11-17(13-20(21)25(26)27)14-24-19-10-6-5-9-18(19)23-22(24)31(28,29)15-16-7-3-2-4-8-16/h2-13H,14-15H2,1H3. The first kappa shape index (κ1) is 20.5. The van der Waals surface area contributed by atoms with Crippen LogP contribution in [0.15, 0.2) is 78.0 Å². The lowest BCUT2D eigenvalue weighted by Gasteiger charge is -2.11. The van der Waals surface area contributed by atoms with Crippen LogP contribution in [-0.2, 0) is 22.1 Å². The highest BCUT2D eigenvalue weighted by Crippen LogP contribution is 2.29. The minimum absolute atomic E-state index is 0.0731. The van der Waals surface area contributed by atoms with Gasteiger partial charge in [-0.1, -0.05) is 48.5 Å². The number of sulfone groups is 1. The molecule has 158 valence electrons. The highest BCUT2D eigenvalue weighted by Gasteiger charge is 2.25. The Hall–Kier alpha value is -3.72. The van der Waals surface area contributed by atoms with Gasteiger partial charge in [0.2, 0.25) is 15.0 Å². The van der Waals surface area contributed by atoms with Crippen molar-refractivity contribution in [3.63, 3.8) is 0 Å². The number of benzene rings is 3. The zero-order valence-electron chi connectivity index (χ0n) is 16.6. The number of imidazole rings is 1. The van der Waals surface area contributed by atoms with Crippen LogP contribution in [0.3, 0.4) is 0 Å². The van der Waals surface area contributed by atoms with Crippen LogP contribution >= 0.6 is 0 Å². The number of rotatable bonds is 7. The second-order valence-corrected chi connectivity index (χ2v) is 8.86. The summed E-state index contributed by atoms with van der Waals surface area (Å²) in [5.41, 5.74) is 2.20. The maximum atomic E-state index is 13.2. The minimum atomic E-state index is -3.77. The molecule has 0 unspecified atom stereocenters. The fraction of sp³-hybridized carbons (Fsp3) is 0.136. The lowest BCUT2D eigenvalue weighted by Crippen LogP contribution is -2.14. The van der Waals surface area contributed by atoms with Crippen molar-refractivity contribution in [3.05, 3.63) is 94.0 Å². The van der Waals surface area contributed by atoms with Gasteiger partial charge in [-0.05, 0) is 29.3 Å².